The Morgan fingerprint density at radius 3 is 2.58 bits per heavy atom. The fraction of sp³-hybridized carbons (Fsp3) is 0.0476. The van der Waals surface area contributed by atoms with Crippen LogP contribution in [0.25, 0.3) is 22.0 Å². The van der Waals surface area contributed by atoms with E-state index < -0.39 is 0 Å². The Bertz CT molecular complexity index is 1060. The highest BCUT2D eigenvalue weighted by Crippen LogP contribution is 2.27. The van der Waals surface area contributed by atoms with Crippen LogP contribution in [0.1, 0.15) is 10.5 Å². The number of hydrogen-bond acceptors (Lipinski definition) is 3. The Labute approximate surface area is 150 Å². The van der Waals surface area contributed by atoms with E-state index in [0.717, 1.165) is 27.8 Å². The van der Waals surface area contributed by atoms with Crippen LogP contribution >= 0.6 is 0 Å². The lowest BCUT2D eigenvalue weighted by atomic mass is 10.0. The average Bonchev–Trinajstić information content (AvgIpc) is 3.18. The van der Waals surface area contributed by atoms with Gasteiger partial charge in [0.25, 0.3) is 5.91 Å². The van der Waals surface area contributed by atoms with Gasteiger partial charge in [0.05, 0.1) is 12.8 Å². The number of methoxy groups -OCH3 is 1. The van der Waals surface area contributed by atoms with E-state index in [1.807, 2.05) is 24.3 Å². The normalized spacial score (nSPS) is 10.7. The number of hydrogen-bond donors (Lipinski definition) is 2. The van der Waals surface area contributed by atoms with Gasteiger partial charge in [0.2, 0.25) is 0 Å². The van der Waals surface area contributed by atoms with Crippen LogP contribution < -0.4 is 10.1 Å². The molecule has 1 amide bonds. The third-order valence-corrected chi connectivity index (χ3v) is 4.24. The number of carbonyl (C=O) groups is 1. The van der Waals surface area contributed by atoms with Crippen molar-refractivity contribution < 1.29 is 9.53 Å². The summed E-state index contributed by atoms with van der Waals surface area (Å²) in [6.07, 6.45) is 0. The van der Waals surface area contributed by atoms with E-state index in [0.29, 0.717) is 11.4 Å². The molecule has 2 N–H and O–H groups in total. The summed E-state index contributed by atoms with van der Waals surface area (Å²) < 4.78 is 5.12. The molecule has 0 saturated carbocycles. The minimum Gasteiger partial charge on any atom is -0.497 e. The fourth-order valence-corrected chi connectivity index (χ4v) is 2.90. The maximum atomic E-state index is 12.5. The maximum absolute atomic E-state index is 12.5. The molecule has 0 aliphatic carbocycles. The van der Waals surface area contributed by atoms with Gasteiger partial charge in [0.15, 0.2) is 0 Å². The van der Waals surface area contributed by atoms with Crippen molar-refractivity contribution in [2.75, 3.05) is 12.4 Å². The number of anilines is 1. The molecule has 26 heavy (non-hydrogen) atoms. The van der Waals surface area contributed by atoms with Gasteiger partial charge in [-0.3, -0.25) is 9.89 Å². The summed E-state index contributed by atoms with van der Waals surface area (Å²) in [5.74, 6) is 0.497. The molecule has 5 heteroatoms. The van der Waals surface area contributed by atoms with E-state index in [2.05, 4.69) is 33.7 Å². The predicted molar refractivity (Wildman–Crippen MR) is 102 cm³/mol. The molecule has 0 fully saturated rings. The molecule has 128 valence electrons. The Kier molecular flexibility index (Phi) is 4.11. The second kappa shape index (κ2) is 6.72. The molecule has 0 aliphatic rings. The maximum Gasteiger partial charge on any atom is 0.273 e. The number of aromatic amines is 1. The number of benzene rings is 3. The van der Waals surface area contributed by atoms with Gasteiger partial charge in [0.1, 0.15) is 11.4 Å². The van der Waals surface area contributed by atoms with Gasteiger partial charge in [-0.05, 0) is 41.1 Å². The lowest BCUT2D eigenvalue weighted by Crippen LogP contribution is -2.12. The van der Waals surface area contributed by atoms with Gasteiger partial charge in [-0.15, -0.1) is 0 Å². The third-order valence-electron chi connectivity index (χ3n) is 4.24. The molecule has 0 aliphatic heterocycles. The smallest absolute Gasteiger partial charge is 0.273 e. The zero-order valence-corrected chi connectivity index (χ0v) is 14.2. The highest BCUT2D eigenvalue weighted by molar-refractivity contribution is 6.04. The number of nitrogens with zero attached hydrogens (tertiary/aromatic N) is 1. The quantitative estimate of drug-likeness (QED) is 0.574. The molecule has 0 unspecified atom stereocenters. The molecule has 5 nitrogen and oxygen atoms in total. The Morgan fingerprint density at radius 2 is 1.77 bits per heavy atom. The highest BCUT2D eigenvalue weighted by atomic mass is 16.5. The monoisotopic (exact) mass is 343 g/mol. The van der Waals surface area contributed by atoms with Crippen LogP contribution in [0.5, 0.6) is 5.75 Å². The van der Waals surface area contributed by atoms with Gasteiger partial charge < -0.3 is 10.1 Å². The first-order chi connectivity index (χ1) is 12.7. The summed E-state index contributed by atoms with van der Waals surface area (Å²) in [6, 6.07) is 23.1. The van der Waals surface area contributed by atoms with Crippen molar-refractivity contribution in [3.05, 3.63) is 78.5 Å². The molecule has 0 atom stereocenters. The number of carbonyl (C=O) groups excluding carboxylic acids is 1. The molecule has 0 spiro atoms. The minimum absolute atomic E-state index is 0.242. The lowest BCUT2D eigenvalue weighted by molar-refractivity contribution is 0.102. The molecule has 0 saturated heterocycles. The van der Waals surface area contributed by atoms with Crippen molar-refractivity contribution in [1.29, 1.82) is 0 Å². The zero-order chi connectivity index (χ0) is 17.9. The first-order valence-electron chi connectivity index (χ1n) is 8.23. The van der Waals surface area contributed by atoms with Crippen LogP contribution in [0.15, 0.2) is 72.8 Å². The van der Waals surface area contributed by atoms with Crippen molar-refractivity contribution in [3.63, 3.8) is 0 Å². The van der Waals surface area contributed by atoms with E-state index >= 15 is 0 Å². The summed E-state index contributed by atoms with van der Waals surface area (Å²) in [5.41, 5.74) is 2.82. The number of fused-ring (bicyclic) bond motifs is 1. The second-order valence-electron chi connectivity index (χ2n) is 5.88. The Balaban J connectivity index is 1.59. The summed E-state index contributed by atoms with van der Waals surface area (Å²) in [7, 11) is 1.60. The van der Waals surface area contributed by atoms with Crippen molar-refractivity contribution in [2.45, 2.75) is 0 Å². The van der Waals surface area contributed by atoms with E-state index in [1.165, 1.54) is 0 Å². The Hall–Kier alpha value is -3.60. The number of ether oxygens (including phenoxy) is 1. The molecule has 0 radical (unpaired) electrons. The lowest BCUT2D eigenvalue weighted by Gasteiger charge is -2.04. The average molecular weight is 343 g/mol. The largest absolute Gasteiger partial charge is 0.497 e. The number of H-pyrrole nitrogens is 1. The van der Waals surface area contributed by atoms with Crippen LogP contribution in [0.2, 0.25) is 0 Å². The SMILES string of the molecule is COc1ccc(NC(=O)c2cc(-c3cccc4ccccc34)n[nH]2)cc1. The van der Waals surface area contributed by atoms with Crippen LogP contribution in [0, 0.1) is 0 Å². The molecule has 4 aromatic rings. The van der Waals surface area contributed by atoms with Crippen molar-refractivity contribution >= 4 is 22.4 Å². The van der Waals surface area contributed by atoms with E-state index in [9.17, 15) is 4.79 Å². The van der Waals surface area contributed by atoms with E-state index in [4.69, 9.17) is 4.74 Å². The zero-order valence-electron chi connectivity index (χ0n) is 14.2. The molecule has 1 aromatic heterocycles. The van der Waals surface area contributed by atoms with Gasteiger partial charge in [-0.2, -0.15) is 5.10 Å². The van der Waals surface area contributed by atoms with E-state index in [-0.39, 0.29) is 5.91 Å². The van der Waals surface area contributed by atoms with Crippen LogP contribution in [-0.4, -0.2) is 23.2 Å². The van der Waals surface area contributed by atoms with Crippen molar-refractivity contribution in [1.82, 2.24) is 10.2 Å². The molecule has 0 bridgehead atoms. The fourth-order valence-electron chi connectivity index (χ4n) is 2.90. The molecule has 3 aromatic carbocycles. The minimum atomic E-state index is -0.242. The molecular formula is C21H17N3O2. The summed E-state index contributed by atoms with van der Waals surface area (Å²) in [6.45, 7) is 0. The van der Waals surface area contributed by atoms with Gasteiger partial charge in [-0.25, -0.2) is 0 Å². The number of nitrogens with one attached hydrogen (secondary N) is 2. The summed E-state index contributed by atoms with van der Waals surface area (Å²) in [5, 5.41) is 12.2. The highest BCUT2D eigenvalue weighted by Gasteiger charge is 2.13. The molecule has 4 rings (SSSR count). The van der Waals surface area contributed by atoms with Gasteiger partial charge in [-0.1, -0.05) is 42.5 Å². The summed E-state index contributed by atoms with van der Waals surface area (Å²) >= 11 is 0. The number of amides is 1. The van der Waals surface area contributed by atoms with Gasteiger partial charge in [0, 0.05) is 11.3 Å². The first-order valence-corrected chi connectivity index (χ1v) is 8.23. The second-order valence-corrected chi connectivity index (χ2v) is 5.88. The Morgan fingerprint density at radius 1 is 1.00 bits per heavy atom. The van der Waals surface area contributed by atoms with Crippen molar-refractivity contribution in [2.24, 2.45) is 0 Å². The van der Waals surface area contributed by atoms with Crippen LogP contribution in [0.4, 0.5) is 5.69 Å². The summed E-state index contributed by atoms with van der Waals surface area (Å²) in [4.78, 5) is 12.5. The third kappa shape index (κ3) is 3.02. The molecular weight excluding hydrogens is 326 g/mol. The predicted octanol–water partition coefficient (Wildman–Crippen LogP) is 4.49. The topological polar surface area (TPSA) is 67.0 Å². The van der Waals surface area contributed by atoms with E-state index in [1.54, 1.807) is 37.4 Å². The number of rotatable bonds is 4. The molecule has 1 heterocycles. The van der Waals surface area contributed by atoms with Crippen LogP contribution in [0.3, 0.4) is 0 Å². The standard InChI is InChI=1S/C21H17N3O2/c1-26-16-11-9-15(10-12-16)22-21(25)20-13-19(23-24-20)18-8-4-6-14-5-2-3-7-17(14)18/h2-13H,1H3,(H,22,25)(H,23,24). The van der Waals surface area contributed by atoms with Gasteiger partial charge >= 0.3 is 0 Å². The number of aromatic nitrogens is 2. The van der Waals surface area contributed by atoms with Crippen molar-refractivity contribution in [3.8, 4) is 17.0 Å². The van der Waals surface area contributed by atoms with Crippen LogP contribution in [-0.2, 0) is 0 Å². The first kappa shape index (κ1) is 15.9.